The molecule has 1 aromatic carbocycles. The molecule has 22 heavy (non-hydrogen) atoms. The zero-order valence-corrected chi connectivity index (χ0v) is 13.3. The molecule has 0 spiro atoms. The van der Waals surface area contributed by atoms with Crippen molar-refractivity contribution in [3.8, 4) is 0 Å². The average molecular weight is 315 g/mol. The van der Waals surface area contributed by atoms with E-state index >= 15 is 0 Å². The van der Waals surface area contributed by atoms with Gasteiger partial charge in [-0.2, -0.15) is 11.3 Å². The SMILES string of the molecule is COC(=O)c1ccc(C=CC(=O)N(C)Cc2ccsc2)cc1. The Hall–Kier alpha value is -2.40. The second-order valence-electron chi connectivity index (χ2n) is 4.77. The zero-order valence-electron chi connectivity index (χ0n) is 12.5. The van der Waals surface area contributed by atoms with Crippen LogP contribution in [0.25, 0.3) is 6.08 Å². The van der Waals surface area contributed by atoms with Gasteiger partial charge in [0.15, 0.2) is 0 Å². The summed E-state index contributed by atoms with van der Waals surface area (Å²) >= 11 is 1.62. The number of benzene rings is 1. The fourth-order valence-corrected chi connectivity index (χ4v) is 2.54. The predicted molar refractivity (Wildman–Crippen MR) is 87.6 cm³/mol. The van der Waals surface area contributed by atoms with Crippen molar-refractivity contribution in [1.82, 2.24) is 4.90 Å². The number of likely N-dealkylation sites (N-methyl/N-ethyl adjacent to an activating group) is 1. The Morgan fingerprint density at radius 1 is 1.23 bits per heavy atom. The Morgan fingerprint density at radius 3 is 2.55 bits per heavy atom. The van der Waals surface area contributed by atoms with Crippen LogP contribution in [-0.4, -0.2) is 30.9 Å². The number of hydrogen-bond acceptors (Lipinski definition) is 4. The Kier molecular flexibility index (Phi) is 5.49. The van der Waals surface area contributed by atoms with Gasteiger partial charge in [0.25, 0.3) is 0 Å². The van der Waals surface area contributed by atoms with Gasteiger partial charge in [0.1, 0.15) is 0 Å². The van der Waals surface area contributed by atoms with Crippen LogP contribution in [0.3, 0.4) is 0 Å². The predicted octanol–water partition coefficient (Wildman–Crippen LogP) is 3.21. The highest BCUT2D eigenvalue weighted by Gasteiger charge is 2.06. The van der Waals surface area contributed by atoms with E-state index in [2.05, 4.69) is 4.74 Å². The van der Waals surface area contributed by atoms with Gasteiger partial charge in [-0.15, -0.1) is 0 Å². The van der Waals surface area contributed by atoms with Crippen LogP contribution in [0, 0.1) is 0 Å². The van der Waals surface area contributed by atoms with E-state index in [0.29, 0.717) is 12.1 Å². The topological polar surface area (TPSA) is 46.6 Å². The lowest BCUT2D eigenvalue weighted by atomic mass is 10.1. The number of methoxy groups -OCH3 is 1. The number of amides is 1. The number of ether oxygens (including phenoxy) is 1. The summed E-state index contributed by atoms with van der Waals surface area (Å²) in [5.74, 6) is -0.439. The van der Waals surface area contributed by atoms with E-state index < -0.39 is 0 Å². The minimum absolute atomic E-state index is 0.0664. The highest BCUT2D eigenvalue weighted by molar-refractivity contribution is 7.07. The molecular weight excluding hydrogens is 298 g/mol. The first-order valence-electron chi connectivity index (χ1n) is 6.73. The minimum atomic E-state index is -0.373. The van der Waals surface area contributed by atoms with Gasteiger partial charge in [0.05, 0.1) is 12.7 Å². The summed E-state index contributed by atoms with van der Waals surface area (Å²) in [7, 11) is 3.11. The van der Waals surface area contributed by atoms with Crippen LogP contribution >= 0.6 is 11.3 Å². The number of nitrogens with zero attached hydrogens (tertiary/aromatic N) is 1. The van der Waals surface area contributed by atoms with Crippen molar-refractivity contribution < 1.29 is 14.3 Å². The van der Waals surface area contributed by atoms with E-state index in [1.54, 1.807) is 53.6 Å². The van der Waals surface area contributed by atoms with E-state index in [-0.39, 0.29) is 11.9 Å². The Labute approximate surface area is 133 Å². The lowest BCUT2D eigenvalue weighted by Crippen LogP contribution is -2.23. The van der Waals surface area contributed by atoms with Gasteiger partial charge in [0, 0.05) is 19.7 Å². The summed E-state index contributed by atoms with van der Waals surface area (Å²) in [6.45, 7) is 0.591. The molecule has 0 saturated heterocycles. The molecule has 0 fully saturated rings. The molecule has 114 valence electrons. The smallest absolute Gasteiger partial charge is 0.337 e. The van der Waals surface area contributed by atoms with Gasteiger partial charge in [-0.05, 0) is 46.2 Å². The molecule has 2 aromatic rings. The van der Waals surface area contributed by atoms with Gasteiger partial charge in [-0.3, -0.25) is 4.79 Å². The molecular formula is C17H17NO3S. The number of esters is 1. The number of carbonyl (C=O) groups excluding carboxylic acids is 2. The Balaban J connectivity index is 1.95. The number of carbonyl (C=O) groups is 2. The molecule has 0 bridgehead atoms. The molecule has 0 unspecified atom stereocenters. The first-order chi connectivity index (χ1) is 10.6. The van der Waals surface area contributed by atoms with Crippen molar-refractivity contribution in [1.29, 1.82) is 0 Å². The third-order valence-electron chi connectivity index (χ3n) is 3.13. The maximum absolute atomic E-state index is 12.0. The molecule has 2 rings (SSSR count). The summed E-state index contributed by atoms with van der Waals surface area (Å²) in [4.78, 5) is 25.0. The number of thiophene rings is 1. The Morgan fingerprint density at radius 2 is 1.95 bits per heavy atom. The lowest BCUT2D eigenvalue weighted by molar-refractivity contribution is -0.125. The van der Waals surface area contributed by atoms with E-state index in [1.165, 1.54) is 13.2 Å². The monoisotopic (exact) mass is 315 g/mol. The highest BCUT2D eigenvalue weighted by Crippen LogP contribution is 2.10. The molecule has 0 atom stereocenters. The quantitative estimate of drug-likeness (QED) is 0.629. The molecule has 4 nitrogen and oxygen atoms in total. The van der Waals surface area contributed by atoms with Crippen LogP contribution in [0.2, 0.25) is 0 Å². The first kappa shape index (κ1) is 16.0. The molecule has 0 radical (unpaired) electrons. The summed E-state index contributed by atoms with van der Waals surface area (Å²) in [6, 6.07) is 8.89. The van der Waals surface area contributed by atoms with Gasteiger partial charge >= 0.3 is 5.97 Å². The normalized spacial score (nSPS) is 10.6. The van der Waals surface area contributed by atoms with E-state index in [9.17, 15) is 9.59 Å². The molecule has 0 aliphatic rings. The van der Waals surface area contributed by atoms with Crippen LogP contribution in [0.4, 0.5) is 0 Å². The van der Waals surface area contributed by atoms with Crippen molar-refractivity contribution >= 4 is 29.3 Å². The summed E-state index contributed by atoms with van der Waals surface area (Å²) < 4.78 is 4.64. The molecule has 0 aliphatic heterocycles. The fourth-order valence-electron chi connectivity index (χ4n) is 1.88. The molecule has 0 N–H and O–H groups in total. The Bertz CT molecular complexity index is 660. The van der Waals surface area contributed by atoms with Crippen molar-refractivity contribution in [2.45, 2.75) is 6.54 Å². The highest BCUT2D eigenvalue weighted by atomic mass is 32.1. The number of rotatable bonds is 5. The van der Waals surface area contributed by atoms with Crippen molar-refractivity contribution in [3.05, 3.63) is 63.9 Å². The van der Waals surface area contributed by atoms with Crippen LogP contribution in [0.1, 0.15) is 21.5 Å². The van der Waals surface area contributed by atoms with E-state index in [0.717, 1.165) is 11.1 Å². The summed E-state index contributed by atoms with van der Waals surface area (Å²) in [5, 5.41) is 4.02. The first-order valence-corrected chi connectivity index (χ1v) is 7.67. The lowest BCUT2D eigenvalue weighted by Gasteiger charge is -2.13. The second kappa shape index (κ2) is 7.56. The van der Waals surface area contributed by atoms with Crippen LogP contribution in [0.15, 0.2) is 47.2 Å². The van der Waals surface area contributed by atoms with Gasteiger partial charge in [0.2, 0.25) is 5.91 Å². The average Bonchev–Trinajstić information content (AvgIpc) is 3.05. The van der Waals surface area contributed by atoms with E-state index in [1.807, 2.05) is 16.8 Å². The molecule has 1 aromatic heterocycles. The molecule has 5 heteroatoms. The van der Waals surface area contributed by atoms with E-state index in [4.69, 9.17) is 0 Å². The number of hydrogen-bond donors (Lipinski definition) is 0. The van der Waals surface area contributed by atoms with Crippen LogP contribution in [-0.2, 0) is 16.1 Å². The third kappa shape index (κ3) is 4.30. The maximum Gasteiger partial charge on any atom is 0.337 e. The van der Waals surface area contributed by atoms with Gasteiger partial charge in [-0.25, -0.2) is 4.79 Å². The van der Waals surface area contributed by atoms with Gasteiger partial charge < -0.3 is 9.64 Å². The second-order valence-corrected chi connectivity index (χ2v) is 5.55. The van der Waals surface area contributed by atoms with Crippen LogP contribution < -0.4 is 0 Å². The standard InChI is InChI=1S/C17H17NO3S/c1-18(11-14-9-10-22-12-14)16(19)8-5-13-3-6-15(7-4-13)17(20)21-2/h3-10,12H,11H2,1-2H3. The van der Waals surface area contributed by atoms with Gasteiger partial charge in [-0.1, -0.05) is 12.1 Å². The minimum Gasteiger partial charge on any atom is -0.465 e. The third-order valence-corrected chi connectivity index (χ3v) is 3.86. The summed E-state index contributed by atoms with van der Waals surface area (Å²) in [5.41, 5.74) is 2.46. The summed E-state index contributed by atoms with van der Waals surface area (Å²) in [6.07, 6.45) is 3.26. The van der Waals surface area contributed by atoms with Crippen molar-refractivity contribution in [2.24, 2.45) is 0 Å². The molecule has 0 saturated carbocycles. The fraction of sp³-hybridized carbons (Fsp3) is 0.176. The molecule has 1 amide bonds. The van der Waals surface area contributed by atoms with Crippen molar-refractivity contribution in [3.63, 3.8) is 0 Å². The molecule has 0 aliphatic carbocycles. The van der Waals surface area contributed by atoms with Crippen LogP contribution in [0.5, 0.6) is 0 Å². The maximum atomic E-state index is 12.0. The zero-order chi connectivity index (χ0) is 15.9. The largest absolute Gasteiger partial charge is 0.465 e. The molecule has 1 heterocycles. The van der Waals surface area contributed by atoms with Crippen molar-refractivity contribution in [2.75, 3.05) is 14.2 Å².